The second kappa shape index (κ2) is 5.03. The molecule has 0 aliphatic heterocycles. The number of carbonyl (C=O) groups is 2. The zero-order valence-electron chi connectivity index (χ0n) is 8.69. The van der Waals surface area contributed by atoms with Gasteiger partial charge in [0.2, 0.25) is 0 Å². The number of hydrogen-bond acceptors (Lipinski definition) is 3. The maximum Gasteiger partial charge on any atom is 0.327 e. The van der Waals surface area contributed by atoms with Gasteiger partial charge in [-0.15, -0.1) is 12.3 Å². The van der Waals surface area contributed by atoms with Crippen molar-refractivity contribution in [1.82, 2.24) is 5.32 Å². The summed E-state index contributed by atoms with van der Waals surface area (Å²) in [6.07, 6.45) is 6.30. The highest BCUT2D eigenvalue weighted by Gasteiger charge is 2.21. The Bertz CT molecular complexity index is 441. The molecule has 0 aromatic carbocycles. The lowest BCUT2D eigenvalue weighted by Gasteiger charge is -2.10. The topological polar surface area (TPSA) is 79.5 Å². The molecule has 84 valence electrons. The van der Waals surface area contributed by atoms with Crippen LogP contribution in [-0.2, 0) is 4.79 Å². The summed E-state index contributed by atoms with van der Waals surface area (Å²) in [4.78, 5) is 22.3. The molecule has 0 saturated carbocycles. The van der Waals surface area contributed by atoms with E-state index >= 15 is 0 Å². The third kappa shape index (κ3) is 2.64. The minimum Gasteiger partial charge on any atom is -0.480 e. The summed E-state index contributed by atoms with van der Waals surface area (Å²) in [5, 5.41) is 11.1. The normalized spacial score (nSPS) is 11.5. The molecule has 0 bridgehead atoms. The predicted molar refractivity (Wildman–Crippen MR) is 55.8 cm³/mol. The van der Waals surface area contributed by atoms with E-state index in [0.717, 1.165) is 0 Å². The van der Waals surface area contributed by atoms with E-state index in [4.69, 9.17) is 15.9 Å². The summed E-state index contributed by atoms with van der Waals surface area (Å²) < 4.78 is 4.93. The summed E-state index contributed by atoms with van der Waals surface area (Å²) in [6, 6.07) is 0.522. The van der Waals surface area contributed by atoms with Crippen LogP contribution in [0.3, 0.4) is 0 Å². The van der Waals surface area contributed by atoms with Crippen LogP contribution in [0.25, 0.3) is 0 Å². The predicted octanol–water partition coefficient (Wildman–Crippen LogP) is 0.794. The van der Waals surface area contributed by atoms with Crippen molar-refractivity contribution in [2.75, 3.05) is 0 Å². The SMILES string of the molecule is C#CCC(NC(=O)c1occc1C)C(=O)O. The first-order valence-corrected chi connectivity index (χ1v) is 4.57. The van der Waals surface area contributed by atoms with E-state index < -0.39 is 17.9 Å². The van der Waals surface area contributed by atoms with Crippen LogP contribution in [0.1, 0.15) is 22.5 Å². The van der Waals surface area contributed by atoms with E-state index in [0.29, 0.717) is 5.56 Å². The maximum atomic E-state index is 11.6. The lowest BCUT2D eigenvalue weighted by atomic mass is 10.2. The highest BCUT2D eigenvalue weighted by atomic mass is 16.4. The molecule has 1 atom stereocenters. The third-order valence-corrected chi connectivity index (χ3v) is 1.99. The second-order valence-corrected chi connectivity index (χ2v) is 3.21. The van der Waals surface area contributed by atoms with Gasteiger partial charge >= 0.3 is 5.97 Å². The molecule has 16 heavy (non-hydrogen) atoms. The maximum absolute atomic E-state index is 11.6. The fraction of sp³-hybridized carbons (Fsp3) is 0.273. The van der Waals surface area contributed by atoms with Crippen LogP contribution < -0.4 is 5.32 Å². The molecule has 0 saturated heterocycles. The monoisotopic (exact) mass is 221 g/mol. The molecule has 5 heteroatoms. The Morgan fingerprint density at radius 1 is 1.69 bits per heavy atom. The number of nitrogens with one attached hydrogen (secondary N) is 1. The van der Waals surface area contributed by atoms with Crippen molar-refractivity contribution in [2.45, 2.75) is 19.4 Å². The van der Waals surface area contributed by atoms with E-state index in [-0.39, 0.29) is 12.2 Å². The smallest absolute Gasteiger partial charge is 0.327 e. The van der Waals surface area contributed by atoms with Crippen LogP contribution in [0.15, 0.2) is 16.7 Å². The van der Waals surface area contributed by atoms with E-state index in [9.17, 15) is 9.59 Å². The van der Waals surface area contributed by atoms with Crippen LogP contribution in [0.4, 0.5) is 0 Å². The first kappa shape index (κ1) is 11.9. The summed E-state index contributed by atoms with van der Waals surface area (Å²) >= 11 is 0. The van der Waals surface area contributed by atoms with Gasteiger partial charge in [-0.3, -0.25) is 4.79 Å². The highest BCUT2D eigenvalue weighted by molar-refractivity contribution is 5.95. The van der Waals surface area contributed by atoms with Gasteiger partial charge in [0, 0.05) is 12.0 Å². The third-order valence-electron chi connectivity index (χ3n) is 1.99. The van der Waals surface area contributed by atoms with Crippen LogP contribution in [0, 0.1) is 19.3 Å². The Balaban J connectivity index is 2.74. The minimum atomic E-state index is -1.17. The van der Waals surface area contributed by atoms with E-state index in [2.05, 4.69) is 11.2 Å². The lowest BCUT2D eigenvalue weighted by molar-refractivity contribution is -0.139. The summed E-state index contributed by atoms with van der Waals surface area (Å²) in [6.45, 7) is 1.69. The van der Waals surface area contributed by atoms with Gasteiger partial charge in [-0.05, 0) is 13.0 Å². The van der Waals surface area contributed by atoms with Gasteiger partial charge < -0.3 is 14.8 Å². The van der Waals surface area contributed by atoms with Crippen LogP contribution in [0.5, 0.6) is 0 Å². The fourth-order valence-electron chi connectivity index (χ4n) is 1.15. The molecular formula is C11H11NO4. The number of furan rings is 1. The average Bonchev–Trinajstić information content (AvgIpc) is 2.63. The average molecular weight is 221 g/mol. The Kier molecular flexibility index (Phi) is 3.72. The molecule has 0 aliphatic carbocycles. The Hall–Kier alpha value is -2.22. The molecule has 1 rings (SSSR count). The lowest BCUT2D eigenvalue weighted by Crippen LogP contribution is -2.40. The molecule has 1 aromatic rings. The number of carboxylic acids is 1. The molecule has 1 amide bonds. The number of terminal acetylenes is 1. The van der Waals surface area contributed by atoms with E-state index in [1.807, 2.05) is 0 Å². The molecule has 1 unspecified atom stereocenters. The molecular weight excluding hydrogens is 210 g/mol. The van der Waals surface area contributed by atoms with Gasteiger partial charge in [0.1, 0.15) is 6.04 Å². The van der Waals surface area contributed by atoms with Crippen molar-refractivity contribution in [1.29, 1.82) is 0 Å². The molecule has 5 nitrogen and oxygen atoms in total. The Labute approximate surface area is 92.4 Å². The summed E-state index contributed by atoms with van der Waals surface area (Å²) in [5.41, 5.74) is 0.641. The second-order valence-electron chi connectivity index (χ2n) is 3.21. The van der Waals surface area contributed by atoms with Gasteiger partial charge in [0.25, 0.3) is 5.91 Å². The molecule has 0 aliphatic rings. The minimum absolute atomic E-state index is 0.0686. The molecule has 2 N–H and O–H groups in total. The van der Waals surface area contributed by atoms with Crippen molar-refractivity contribution in [3.05, 3.63) is 23.7 Å². The number of carbonyl (C=O) groups excluding carboxylic acids is 1. The van der Waals surface area contributed by atoms with Gasteiger partial charge in [0.15, 0.2) is 5.76 Å². The van der Waals surface area contributed by atoms with Crippen LogP contribution >= 0.6 is 0 Å². The van der Waals surface area contributed by atoms with Crippen molar-refractivity contribution >= 4 is 11.9 Å². The number of hydrogen-bond donors (Lipinski definition) is 2. The van der Waals surface area contributed by atoms with Gasteiger partial charge in [-0.1, -0.05) is 0 Å². The first-order chi connectivity index (χ1) is 7.56. The van der Waals surface area contributed by atoms with Crippen LogP contribution in [0.2, 0.25) is 0 Å². The highest BCUT2D eigenvalue weighted by Crippen LogP contribution is 2.08. The Morgan fingerprint density at radius 3 is 2.81 bits per heavy atom. The zero-order chi connectivity index (χ0) is 12.1. The molecule has 1 heterocycles. The number of aliphatic carboxylic acids is 1. The first-order valence-electron chi connectivity index (χ1n) is 4.57. The van der Waals surface area contributed by atoms with Gasteiger partial charge in [-0.2, -0.15) is 0 Å². The fourth-order valence-corrected chi connectivity index (χ4v) is 1.15. The zero-order valence-corrected chi connectivity index (χ0v) is 8.69. The van der Waals surface area contributed by atoms with Crippen molar-refractivity contribution in [3.63, 3.8) is 0 Å². The Morgan fingerprint density at radius 2 is 2.38 bits per heavy atom. The van der Waals surface area contributed by atoms with Crippen molar-refractivity contribution < 1.29 is 19.1 Å². The quantitative estimate of drug-likeness (QED) is 0.737. The molecule has 0 radical (unpaired) electrons. The van der Waals surface area contributed by atoms with Crippen molar-refractivity contribution in [3.8, 4) is 12.3 Å². The molecule has 0 fully saturated rings. The molecule has 1 aromatic heterocycles. The van der Waals surface area contributed by atoms with E-state index in [1.165, 1.54) is 6.26 Å². The van der Waals surface area contributed by atoms with Crippen molar-refractivity contribution in [2.24, 2.45) is 0 Å². The molecule has 0 spiro atoms. The van der Waals surface area contributed by atoms with Gasteiger partial charge in [0.05, 0.1) is 6.26 Å². The summed E-state index contributed by atoms with van der Waals surface area (Å²) in [5.74, 6) is 0.539. The van der Waals surface area contributed by atoms with Gasteiger partial charge in [-0.25, -0.2) is 4.79 Å². The summed E-state index contributed by atoms with van der Waals surface area (Å²) in [7, 11) is 0. The number of amides is 1. The number of carboxylic acid groups (broad SMARTS) is 1. The van der Waals surface area contributed by atoms with Crippen LogP contribution in [-0.4, -0.2) is 23.0 Å². The largest absolute Gasteiger partial charge is 0.480 e. The standard InChI is InChI=1S/C11H11NO4/c1-3-4-8(11(14)15)12-10(13)9-7(2)5-6-16-9/h1,5-6,8H,4H2,2H3,(H,12,13)(H,14,15). The number of aryl methyl sites for hydroxylation is 1. The number of rotatable bonds is 4. The van der Waals surface area contributed by atoms with E-state index in [1.54, 1.807) is 13.0 Å².